The minimum Gasteiger partial charge on any atom is -0.491 e. The Morgan fingerprint density at radius 3 is 1.41 bits per heavy atom. The average molecular weight is 545 g/mol. The van der Waals surface area contributed by atoms with Crippen molar-refractivity contribution >= 4 is 33.1 Å². The van der Waals surface area contributed by atoms with Crippen molar-refractivity contribution in [2.24, 2.45) is 0 Å². The number of aliphatic hydroxyl groups excluding tert-OH is 2. The molecule has 0 fully saturated rings. The zero-order valence-corrected chi connectivity index (χ0v) is 22.0. The van der Waals surface area contributed by atoms with Crippen LogP contribution in [0.15, 0.2) is 103 Å². The fourth-order valence-corrected chi connectivity index (χ4v) is 4.43. The lowest BCUT2D eigenvalue weighted by Gasteiger charge is -2.20. The predicted molar refractivity (Wildman–Crippen MR) is 153 cm³/mol. The van der Waals surface area contributed by atoms with Gasteiger partial charge in [0.05, 0.1) is 0 Å². The molecule has 0 radical (unpaired) electrons. The van der Waals surface area contributed by atoms with Crippen LogP contribution >= 0.6 is 11.6 Å². The van der Waals surface area contributed by atoms with Gasteiger partial charge in [0.2, 0.25) is 0 Å². The van der Waals surface area contributed by atoms with Crippen LogP contribution in [0.3, 0.4) is 0 Å². The normalized spacial score (nSPS) is 12.7. The molecule has 0 aliphatic carbocycles. The number of hydrogen-bond donors (Lipinski definition) is 2. The van der Waals surface area contributed by atoms with E-state index in [0.717, 1.165) is 21.5 Å². The van der Waals surface area contributed by atoms with E-state index in [-0.39, 0.29) is 26.4 Å². The molecule has 39 heavy (non-hydrogen) atoms. The predicted octanol–water partition coefficient (Wildman–Crippen LogP) is 6.28. The molecule has 0 aromatic heterocycles. The maximum Gasteiger partial charge on any atom is 0.135 e. The van der Waals surface area contributed by atoms with Gasteiger partial charge >= 0.3 is 0 Å². The Balaban J connectivity index is 1.36. The maximum atomic E-state index is 10.6. The van der Waals surface area contributed by atoms with Gasteiger partial charge in [0, 0.05) is 26.6 Å². The Morgan fingerprint density at radius 1 is 0.487 bits per heavy atom. The number of aliphatic hydroxyl groups is 2. The van der Waals surface area contributed by atoms with Crippen molar-refractivity contribution in [2.75, 3.05) is 26.4 Å². The Labute approximate surface area is 231 Å². The molecule has 2 unspecified atom stereocenters. The number of halogens is 1. The van der Waals surface area contributed by atoms with Gasteiger partial charge in [-0.15, -0.1) is 0 Å². The monoisotopic (exact) mass is 544 g/mol. The highest BCUT2D eigenvalue weighted by Crippen LogP contribution is 2.43. The summed E-state index contributed by atoms with van der Waals surface area (Å²) in [5.74, 6) is 2.55. The van der Waals surface area contributed by atoms with E-state index >= 15 is 0 Å². The Hall–Kier alpha value is -3.97. The first-order valence-corrected chi connectivity index (χ1v) is 13.1. The lowest BCUT2D eigenvalue weighted by atomic mass is 10.0. The smallest absolute Gasteiger partial charge is 0.135 e. The summed E-state index contributed by atoms with van der Waals surface area (Å²) in [7, 11) is 0. The van der Waals surface area contributed by atoms with Crippen LogP contribution in [0, 0.1) is 0 Å². The summed E-state index contributed by atoms with van der Waals surface area (Å²) in [4.78, 5) is 0. The number of fused-ring (bicyclic) bond motifs is 2. The third-order valence-electron chi connectivity index (χ3n) is 6.10. The van der Waals surface area contributed by atoms with Crippen LogP contribution in [0.2, 0.25) is 5.02 Å². The van der Waals surface area contributed by atoms with Crippen molar-refractivity contribution in [3.63, 3.8) is 0 Å². The molecule has 5 aromatic rings. The summed E-state index contributed by atoms with van der Waals surface area (Å²) in [5.41, 5.74) is 0. The highest BCUT2D eigenvalue weighted by Gasteiger charge is 2.19. The number of ether oxygens (including phenoxy) is 4. The molecule has 2 atom stereocenters. The van der Waals surface area contributed by atoms with Gasteiger partial charge in [0.25, 0.3) is 0 Å². The first-order chi connectivity index (χ1) is 19.1. The van der Waals surface area contributed by atoms with Crippen LogP contribution < -0.4 is 18.9 Å². The second-order valence-electron chi connectivity index (χ2n) is 9.07. The molecular weight excluding hydrogens is 516 g/mol. The van der Waals surface area contributed by atoms with Gasteiger partial charge in [0.1, 0.15) is 61.6 Å². The minimum absolute atomic E-state index is 0.0220. The van der Waals surface area contributed by atoms with E-state index in [1.165, 1.54) is 0 Å². The molecule has 2 N–H and O–H groups in total. The SMILES string of the molecule is OC(COc1ccccc1)COc1c2ccccc2c(OCC(O)COc2ccccc2)c2cc(Cl)ccc12. The number of para-hydroxylation sites is 2. The quantitative estimate of drug-likeness (QED) is 0.180. The molecule has 0 bridgehead atoms. The molecule has 5 aromatic carbocycles. The topological polar surface area (TPSA) is 77.4 Å². The van der Waals surface area contributed by atoms with E-state index in [2.05, 4.69) is 0 Å². The Morgan fingerprint density at radius 2 is 0.897 bits per heavy atom. The third kappa shape index (κ3) is 6.73. The van der Waals surface area contributed by atoms with Crippen molar-refractivity contribution in [2.45, 2.75) is 12.2 Å². The number of rotatable bonds is 12. The molecule has 6 nitrogen and oxygen atoms in total. The van der Waals surface area contributed by atoms with Crippen molar-refractivity contribution in [3.05, 3.63) is 108 Å². The van der Waals surface area contributed by atoms with Crippen LogP contribution in [-0.2, 0) is 0 Å². The van der Waals surface area contributed by atoms with E-state index in [0.29, 0.717) is 28.0 Å². The average Bonchev–Trinajstić information content (AvgIpc) is 2.97. The van der Waals surface area contributed by atoms with E-state index < -0.39 is 12.2 Å². The first-order valence-electron chi connectivity index (χ1n) is 12.7. The fraction of sp³-hybridized carbons (Fsp3) is 0.188. The van der Waals surface area contributed by atoms with Gasteiger partial charge in [-0.05, 0) is 42.5 Å². The summed E-state index contributed by atoms with van der Waals surface area (Å²) >= 11 is 6.38. The van der Waals surface area contributed by atoms with Crippen molar-refractivity contribution < 1.29 is 29.2 Å². The first kappa shape index (κ1) is 26.6. The summed E-state index contributed by atoms with van der Waals surface area (Å²) in [5, 5.41) is 24.8. The van der Waals surface area contributed by atoms with Gasteiger partial charge in [-0.3, -0.25) is 0 Å². The van der Waals surface area contributed by atoms with E-state index in [9.17, 15) is 10.2 Å². The van der Waals surface area contributed by atoms with Gasteiger partial charge in [-0.1, -0.05) is 72.3 Å². The highest BCUT2D eigenvalue weighted by molar-refractivity contribution is 6.31. The molecular formula is C32H29ClO6. The van der Waals surface area contributed by atoms with Crippen molar-refractivity contribution in [1.82, 2.24) is 0 Å². The molecule has 0 spiro atoms. The van der Waals surface area contributed by atoms with Gasteiger partial charge in [-0.2, -0.15) is 0 Å². The third-order valence-corrected chi connectivity index (χ3v) is 6.33. The summed E-state index contributed by atoms with van der Waals surface area (Å²) in [6, 6.07) is 31.8. The number of benzene rings is 5. The van der Waals surface area contributed by atoms with Crippen LogP contribution in [-0.4, -0.2) is 48.8 Å². The molecule has 200 valence electrons. The summed E-state index contributed by atoms with van der Waals surface area (Å²) in [6.45, 7) is 0.235. The summed E-state index contributed by atoms with van der Waals surface area (Å²) < 4.78 is 23.7. The summed E-state index contributed by atoms with van der Waals surface area (Å²) in [6.07, 6.45) is -1.70. The molecule has 0 aliphatic rings. The standard InChI is InChI=1S/C32H29ClO6/c33-22-15-16-29-30(17-22)32(39-21-24(35)19-37-26-11-5-2-6-12-26)28-14-8-7-13-27(28)31(29)38-20-23(34)18-36-25-9-3-1-4-10-25/h1-17,23-24,34-35H,18-21H2. The largest absolute Gasteiger partial charge is 0.491 e. The molecule has 0 heterocycles. The van der Waals surface area contributed by atoms with Crippen molar-refractivity contribution in [1.29, 1.82) is 0 Å². The molecule has 7 heteroatoms. The van der Waals surface area contributed by atoms with Gasteiger partial charge < -0.3 is 29.2 Å². The second-order valence-corrected chi connectivity index (χ2v) is 9.51. The molecule has 0 saturated heterocycles. The molecule has 0 saturated carbocycles. The van der Waals surface area contributed by atoms with Crippen LogP contribution in [0.5, 0.6) is 23.0 Å². The molecule has 0 amide bonds. The van der Waals surface area contributed by atoms with Crippen LogP contribution in [0.25, 0.3) is 21.5 Å². The van der Waals surface area contributed by atoms with Gasteiger partial charge in [0.15, 0.2) is 0 Å². The number of hydrogen-bond acceptors (Lipinski definition) is 6. The lowest BCUT2D eigenvalue weighted by Crippen LogP contribution is -2.25. The maximum absolute atomic E-state index is 10.6. The van der Waals surface area contributed by atoms with Crippen molar-refractivity contribution in [3.8, 4) is 23.0 Å². The van der Waals surface area contributed by atoms with Crippen LogP contribution in [0.1, 0.15) is 0 Å². The minimum atomic E-state index is -0.853. The fourth-order valence-electron chi connectivity index (χ4n) is 4.26. The van der Waals surface area contributed by atoms with Gasteiger partial charge in [-0.25, -0.2) is 0 Å². The lowest BCUT2D eigenvalue weighted by molar-refractivity contribution is 0.0629. The zero-order valence-electron chi connectivity index (χ0n) is 21.2. The second kappa shape index (κ2) is 12.7. The van der Waals surface area contributed by atoms with E-state index in [1.807, 2.05) is 97.1 Å². The van der Waals surface area contributed by atoms with E-state index in [1.54, 1.807) is 6.07 Å². The van der Waals surface area contributed by atoms with Crippen LogP contribution in [0.4, 0.5) is 0 Å². The highest BCUT2D eigenvalue weighted by atomic mass is 35.5. The molecule has 0 aliphatic heterocycles. The van der Waals surface area contributed by atoms with E-state index in [4.69, 9.17) is 30.5 Å². The zero-order chi connectivity index (χ0) is 27.0. The molecule has 5 rings (SSSR count). The Kier molecular flexibility index (Phi) is 8.68. The Bertz CT molecular complexity index is 1510.